The molecule has 26 heavy (non-hydrogen) atoms. The van der Waals surface area contributed by atoms with Crippen molar-refractivity contribution in [3.8, 4) is 0 Å². The maximum atomic E-state index is 4.51. The maximum absolute atomic E-state index is 4.51. The molecular weight excluding hydrogens is 326 g/mol. The van der Waals surface area contributed by atoms with Crippen molar-refractivity contribution >= 4 is 5.96 Å². The first kappa shape index (κ1) is 18.5. The van der Waals surface area contributed by atoms with E-state index in [-0.39, 0.29) is 0 Å². The van der Waals surface area contributed by atoms with Gasteiger partial charge in [0.05, 0.1) is 18.9 Å². The number of piperidine rings is 1. The van der Waals surface area contributed by atoms with Crippen molar-refractivity contribution in [2.75, 3.05) is 20.1 Å². The molecule has 0 saturated carbocycles. The third-order valence-corrected chi connectivity index (χ3v) is 5.11. The van der Waals surface area contributed by atoms with Gasteiger partial charge in [-0.3, -0.25) is 4.99 Å². The molecule has 7 heteroatoms. The molecule has 0 aliphatic carbocycles. The molecule has 0 bridgehead atoms. The Morgan fingerprint density at radius 3 is 2.88 bits per heavy atom. The molecule has 0 radical (unpaired) electrons. The first-order chi connectivity index (χ1) is 12.6. The fraction of sp³-hybridized carbons (Fsp3) is 0.632. The van der Waals surface area contributed by atoms with E-state index in [0.717, 1.165) is 37.8 Å². The zero-order valence-corrected chi connectivity index (χ0v) is 16.3. The minimum Gasteiger partial charge on any atom is -0.349 e. The van der Waals surface area contributed by atoms with Crippen LogP contribution in [0.3, 0.4) is 0 Å². The molecule has 0 amide bonds. The summed E-state index contributed by atoms with van der Waals surface area (Å²) in [5.41, 5.74) is 0. The topological polar surface area (TPSA) is 63.3 Å². The van der Waals surface area contributed by atoms with Gasteiger partial charge in [-0.05, 0) is 18.3 Å². The number of guanidine groups is 1. The number of hydrogen-bond donors (Lipinski definition) is 1. The Balaban J connectivity index is 1.63. The van der Waals surface area contributed by atoms with Crippen molar-refractivity contribution in [2.45, 2.75) is 46.3 Å². The number of nitrogens with one attached hydrogen (secondary N) is 1. The highest BCUT2D eigenvalue weighted by Crippen LogP contribution is 2.27. The molecule has 7 nitrogen and oxygen atoms in total. The molecule has 1 aliphatic rings. The van der Waals surface area contributed by atoms with Crippen molar-refractivity contribution in [1.82, 2.24) is 29.3 Å². The standard InChI is InChI=1S/C19H31N7/c1-15(2)12-24-10-7-22-18(24)11-23-19(20-4)25-8-5-16(3)17(13-25)26-9-6-21-14-26/h6-7,9-10,14-17H,5,8,11-13H2,1-4H3,(H,20,23). The zero-order chi connectivity index (χ0) is 18.5. The average molecular weight is 358 g/mol. The van der Waals surface area contributed by atoms with E-state index in [9.17, 15) is 0 Å². The Labute approximate surface area is 156 Å². The lowest BCUT2D eigenvalue weighted by atomic mass is 9.93. The molecule has 1 aliphatic heterocycles. The Kier molecular flexibility index (Phi) is 5.96. The number of hydrogen-bond acceptors (Lipinski definition) is 3. The van der Waals surface area contributed by atoms with Crippen molar-refractivity contribution in [3.05, 3.63) is 36.9 Å². The quantitative estimate of drug-likeness (QED) is 0.659. The SMILES string of the molecule is CN=C(NCc1nccn1CC(C)C)N1CCC(C)C(n2ccnc2)C1. The molecule has 1 fully saturated rings. The molecule has 2 unspecified atom stereocenters. The summed E-state index contributed by atoms with van der Waals surface area (Å²) in [5.74, 6) is 3.22. The second-order valence-electron chi connectivity index (χ2n) is 7.58. The monoisotopic (exact) mass is 357 g/mol. The van der Waals surface area contributed by atoms with Crippen LogP contribution in [-0.4, -0.2) is 50.1 Å². The molecule has 1 N–H and O–H groups in total. The highest BCUT2D eigenvalue weighted by molar-refractivity contribution is 5.79. The third-order valence-electron chi connectivity index (χ3n) is 5.11. The van der Waals surface area contributed by atoms with Gasteiger partial charge in [0.1, 0.15) is 5.82 Å². The van der Waals surface area contributed by atoms with Crippen LogP contribution in [0.25, 0.3) is 0 Å². The van der Waals surface area contributed by atoms with Gasteiger partial charge in [-0.2, -0.15) is 0 Å². The first-order valence-corrected chi connectivity index (χ1v) is 9.51. The molecule has 0 spiro atoms. The summed E-state index contributed by atoms with van der Waals surface area (Å²) in [5, 5.41) is 3.50. The Morgan fingerprint density at radius 2 is 2.19 bits per heavy atom. The largest absolute Gasteiger partial charge is 0.349 e. The minimum atomic E-state index is 0.424. The van der Waals surface area contributed by atoms with Crippen molar-refractivity contribution in [3.63, 3.8) is 0 Å². The smallest absolute Gasteiger partial charge is 0.194 e. The van der Waals surface area contributed by atoms with E-state index in [2.05, 4.69) is 67.5 Å². The highest BCUT2D eigenvalue weighted by Gasteiger charge is 2.28. The van der Waals surface area contributed by atoms with Crippen LogP contribution < -0.4 is 5.32 Å². The summed E-state index contributed by atoms with van der Waals surface area (Å²) in [7, 11) is 1.85. The van der Waals surface area contributed by atoms with Crippen molar-refractivity contribution < 1.29 is 0 Å². The van der Waals surface area contributed by atoms with Gasteiger partial charge >= 0.3 is 0 Å². The lowest BCUT2D eigenvalue weighted by Crippen LogP contribution is -2.48. The van der Waals surface area contributed by atoms with Crippen LogP contribution in [0.2, 0.25) is 0 Å². The summed E-state index contributed by atoms with van der Waals surface area (Å²) in [6.07, 6.45) is 10.9. The van der Waals surface area contributed by atoms with Crippen LogP contribution in [0.5, 0.6) is 0 Å². The first-order valence-electron chi connectivity index (χ1n) is 9.51. The average Bonchev–Trinajstić information content (AvgIpc) is 3.28. The molecule has 3 rings (SSSR count). The number of aromatic nitrogens is 4. The van der Waals surface area contributed by atoms with Gasteiger partial charge in [0.25, 0.3) is 0 Å². The molecule has 1 saturated heterocycles. The summed E-state index contributed by atoms with van der Waals surface area (Å²) in [6.45, 7) is 10.4. The van der Waals surface area contributed by atoms with Crippen LogP contribution in [0, 0.1) is 11.8 Å². The van der Waals surface area contributed by atoms with Crippen LogP contribution in [0.4, 0.5) is 0 Å². The Hall–Kier alpha value is -2.31. The minimum absolute atomic E-state index is 0.424. The van der Waals surface area contributed by atoms with Crippen LogP contribution in [-0.2, 0) is 13.1 Å². The van der Waals surface area contributed by atoms with Crippen LogP contribution >= 0.6 is 0 Å². The lowest BCUT2D eigenvalue weighted by Gasteiger charge is -2.39. The summed E-state index contributed by atoms with van der Waals surface area (Å²) in [6, 6.07) is 0.424. The van der Waals surface area contributed by atoms with Gasteiger partial charge in [0.15, 0.2) is 5.96 Å². The van der Waals surface area contributed by atoms with Gasteiger partial charge in [0, 0.05) is 51.5 Å². The molecular formula is C19H31N7. The molecule has 3 heterocycles. The summed E-state index contributed by atoms with van der Waals surface area (Å²) >= 11 is 0. The Morgan fingerprint density at radius 1 is 1.35 bits per heavy atom. The van der Waals surface area contributed by atoms with Crippen molar-refractivity contribution in [2.24, 2.45) is 16.8 Å². The molecule has 0 aromatic carbocycles. The third kappa shape index (κ3) is 4.26. The van der Waals surface area contributed by atoms with E-state index in [4.69, 9.17) is 0 Å². The predicted octanol–water partition coefficient (Wildman–Crippen LogP) is 2.39. The van der Waals surface area contributed by atoms with E-state index in [1.807, 2.05) is 25.8 Å². The second kappa shape index (κ2) is 8.38. The molecule has 2 aromatic rings. The number of likely N-dealkylation sites (tertiary alicyclic amines) is 1. The van der Waals surface area contributed by atoms with Gasteiger partial charge in [-0.25, -0.2) is 9.97 Å². The van der Waals surface area contributed by atoms with Crippen LogP contribution in [0.15, 0.2) is 36.1 Å². The zero-order valence-electron chi connectivity index (χ0n) is 16.3. The lowest BCUT2D eigenvalue weighted by molar-refractivity contribution is 0.189. The predicted molar refractivity (Wildman–Crippen MR) is 104 cm³/mol. The molecule has 142 valence electrons. The van der Waals surface area contributed by atoms with E-state index >= 15 is 0 Å². The fourth-order valence-electron chi connectivity index (χ4n) is 3.65. The Bertz CT molecular complexity index is 701. The van der Waals surface area contributed by atoms with Crippen LogP contribution in [0.1, 0.15) is 39.1 Å². The van der Waals surface area contributed by atoms with Gasteiger partial charge in [0.2, 0.25) is 0 Å². The number of rotatable bonds is 5. The molecule has 2 atom stereocenters. The normalized spacial score (nSPS) is 21.4. The fourth-order valence-corrected chi connectivity index (χ4v) is 3.65. The number of aliphatic imine (C=N–C) groups is 1. The van der Waals surface area contributed by atoms with E-state index in [1.165, 1.54) is 0 Å². The van der Waals surface area contributed by atoms with Gasteiger partial charge in [-0.15, -0.1) is 0 Å². The highest BCUT2D eigenvalue weighted by atomic mass is 15.3. The molecule has 2 aromatic heterocycles. The second-order valence-corrected chi connectivity index (χ2v) is 7.58. The number of imidazole rings is 2. The van der Waals surface area contributed by atoms with E-state index in [1.54, 1.807) is 0 Å². The summed E-state index contributed by atoms with van der Waals surface area (Å²) in [4.78, 5) is 15.6. The maximum Gasteiger partial charge on any atom is 0.194 e. The van der Waals surface area contributed by atoms with Gasteiger partial charge in [-0.1, -0.05) is 20.8 Å². The van der Waals surface area contributed by atoms with E-state index in [0.29, 0.717) is 24.4 Å². The van der Waals surface area contributed by atoms with Crippen molar-refractivity contribution in [1.29, 1.82) is 0 Å². The summed E-state index contributed by atoms with van der Waals surface area (Å²) < 4.78 is 4.44. The van der Waals surface area contributed by atoms with E-state index < -0.39 is 0 Å². The number of nitrogens with zero attached hydrogens (tertiary/aromatic N) is 6. The van der Waals surface area contributed by atoms with Gasteiger partial charge < -0.3 is 19.4 Å².